The minimum Gasteiger partial charge on any atom is -0.468 e. The highest BCUT2D eigenvalue weighted by Crippen LogP contribution is 2.32. The molecule has 0 amide bonds. The fourth-order valence-electron chi connectivity index (χ4n) is 2.93. The number of hydrogen-bond acceptors (Lipinski definition) is 4. The molecule has 5 heteroatoms. The summed E-state index contributed by atoms with van der Waals surface area (Å²) in [6, 6.07) is 11.4. The van der Waals surface area contributed by atoms with Crippen molar-refractivity contribution in [3.05, 3.63) is 67.3 Å². The molecule has 0 aliphatic rings. The molecule has 0 radical (unpaired) electrons. The first kappa shape index (κ1) is 22.6. The van der Waals surface area contributed by atoms with Gasteiger partial charge in [0.05, 0.1) is 22.3 Å². The maximum absolute atomic E-state index is 12.4. The molecule has 0 aliphatic carbocycles. The van der Waals surface area contributed by atoms with Crippen molar-refractivity contribution in [2.45, 2.75) is 32.0 Å². The van der Waals surface area contributed by atoms with E-state index in [-0.39, 0.29) is 12.8 Å². The zero-order chi connectivity index (χ0) is 20.3. The first-order valence-corrected chi connectivity index (χ1v) is 12.2. The highest BCUT2D eigenvalue weighted by Gasteiger charge is 2.46. The second-order valence-corrected chi connectivity index (χ2v) is 11.8. The van der Waals surface area contributed by atoms with Crippen LogP contribution in [0.25, 0.3) is 0 Å². The van der Waals surface area contributed by atoms with E-state index in [1.54, 1.807) is 18.2 Å². The van der Waals surface area contributed by atoms with Crippen LogP contribution >= 0.6 is 0 Å². The van der Waals surface area contributed by atoms with Gasteiger partial charge in [0.2, 0.25) is 0 Å². The van der Waals surface area contributed by atoms with Crippen molar-refractivity contribution in [2.24, 2.45) is 5.41 Å². The van der Waals surface area contributed by atoms with Crippen molar-refractivity contribution in [1.82, 2.24) is 0 Å². The molecule has 0 unspecified atom stereocenters. The molecule has 0 fully saturated rings. The van der Waals surface area contributed by atoms with Crippen molar-refractivity contribution in [1.29, 1.82) is 0 Å². The molecule has 1 aromatic carbocycles. The van der Waals surface area contributed by atoms with E-state index >= 15 is 0 Å². The summed E-state index contributed by atoms with van der Waals surface area (Å²) < 4.78 is 9.82. The number of rotatable bonds is 10. The molecule has 0 saturated carbocycles. The third-order valence-corrected chi connectivity index (χ3v) is 7.86. The molecule has 0 spiro atoms. The molecule has 0 bridgehead atoms. The number of hydrogen-bond donors (Lipinski definition) is 0. The van der Waals surface area contributed by atoms with Crippen molar-refractivity contribution >= 4 is 25.2 Å². The predicted octanol–water partition coefficient (Wildman–Crippen LogP) is 4.01. The Morgan fingerprint density at radius 1 is 1.00 bits per heavy atom. The number of methoxy groups -OCH3 is 2. The zero-order valence-electron chi connectivity index (χ0n) is 16.7. The van der Waals surface area contributed by atoms with Crippen LogP contribution in [0.4, 0.5) is 0 Å². The van der Waals surface area contributed by atoms with Crippen molar-refractivity contribution in [3.63, 3.8) is 0 Å². The zero-order valence-corrected chi connectivity index (χ0v) is 17.7. The summed E-state index contributed by atoms with van der Waals surface area (Å²) in [6.07, 6.45) is 9.43. The van der Waals surface area contributed by atoms with Crippen LogP contribution in [0.3, 0.4) is 0 Å². The van der Waals surface area contributed by atoms with Crippen LogP contribution in [-0.2, 0) is 19.1 Å². The lowest BCUT2D eigenvalue weighted by Crippen LogP contribution is -2.41. The molecule has 0 saturated heterocycles. The highest BCUT2D eigenvalue weighted by atomic mass is 28.3. The van der Waals surface area contributed by atoms with E-state index in [4.69, 9.17) is 9.47 Å². The van der Waals surface area contributed by atoms with Gasteiger partial charge in [-0.1, -0.05) is 85.6 Å². The third-order valence-electron chi connectivity index (χ3n) is 4.71. The van der Waals surface area contributed by atoms with Gasteiger partial charge in [-0.05, 0) is 18.9 Å². The lowest BCUT2D eigenvalue weighted by atomic mass is 9.80. The molecule has 0 heterocycles. The van der Waals surface area contributed by atoms with Crippen LogP contribution in [-0.4, -0.2) is 34.2 Å². The Bertz CT molecular complexity index is 674. The van der Waals surface area contributed by atoms with Gasteiger partial charge in [0.15, 0.2) is 5.41 Å². The number of esters is 2. The summed E-state index contributed by atoms with van der Waals surface area (Å²) in [5, 5.41) is 1.37. The standard InChI is InChI=1S/C22H30O4Si/c1-6-7-11-16-22(20(23)25-2,21(24)26-3)17-12-13-18-27(4,5)19-14-9-8-10-15-19/h6-15H,1,16-18H2,2-5H3/b11-7+,13-12-. The first-order valence-electron chi connectivity index (χ1n) is 8.99. The van der Waals surface area contributed by atoms with Crippen molar-refractivity contribution in [3.8, 4) is 0 Å². The van der Waals surface area contributed by atoms with Gasteiger partial charge in [-0.25, -0.2) is 0 Å². The average molecular weight is 387 g/mol. The van der Waals surface area contributed by atoms with Crippen LogP contribution in [0.2, 0.25) is 19.1 Å². The van der Waals surface area contributed by atoms with Crippen LogP contribution < -0.4 is 5.19 Å². The van der Waals surface area contributed by atoms with Crippen LogP contribution in [0, 0.1) is 5.41 Å². The van der Waals surface area contributed by atoms with Crippen LogP contribution in [0.1, 0.15) is 12.8 Å². The summed E-state index contributed by atoms with van der Waals surface area (Å²) >= 11 is 0. The lowest BCUT2D eigenvalue weighted by Gasteiger charge is -2.26. The monoisotopic (exact) mass is 386 g/mol. The second kappa shape index (κ2) is 10.7. The minimum absolute atomic E-state index is 0.197. The Labute approximate surface area is 163 Å². The fourth-order valence-corrected chi connectivity index (χ4v) is 5.01. The quantitative estimate of drug-likeness (QED) is 0.200. The topological polar surface area (TPSA) is 52.6 Å². The smallest absolute Gasteiger partial charge is 0.323 e. The van der Waals surface area contributed by atoms with Crippen molar-refractivity contribution in [2.75, 3.05) is 14.2 Å². The fraction of sp³-hybridized carbons (Fsp3) is 0.364. The van der Waals surface area contributed by atoms with E-state index < -0.39 is 25.4 Å². The molecule has 1 rings (SSSR count). The van der Waals surface area contributed by atoms with Gasteiger partial charge >= 0.3 is 11.9 Å². The molecule has 0 atom stereocenters. The van der Waals surface area contributed by atoms with Gasteiger partial charge in [0, 0.05) is 0 Å². The summed E-state index contributed by atoms with van der Waals surface area (Å²) in [6.45, 7) is 8.21. The Hall–Kier alpha value is -2.40. The molecular weight excluding hydrogens is 356 g/mol. The summed E-state index contributed by atoms with van der Waals surface area (Å²) in [7, 11) is 0.944. The molecule has 4 nitrogen and oxygen atoms in total. The Kier molecular flexibility index (Phi) is 8.95. The van der Waals surface area contributed by atoms with Gasteiger partial charge in [-0.15, -0.1) is 0 Å². The second-order valence-electron chi connectivity index (χ2n) is 7.06. The Balaban J connectivity index is 2.99. The van der Waals surface area contributed by atoms with E-state index in [0.29, 0.717) is 0 Å². The van der Waals surface area contributed by atoms with Gasteiger partial charge in [-0.3, -0.25) is 9.59 Å². The highest BCUT2D eigenvalue weighted by molar-refractivity contribution is 6.90. The SMILES string of the molecule is C=C/C=C/CC(C/C=C\C[Si](C)(C)c1ccccc1)(C(=O)OC)C(=O)OC. The van der Waals surface area contributed by atoms with Crippen LogP contribution in [0.15, 0.2) is 67.3 Å². The molecule has 0 aromatic heterocycles. The summed E-state index contributed by atoms with van der Waals surface area (Å²) in [5.74, 6) is -1.18. The Morgan fingerprint density at radius 3 is 2.07 bits per heavy atom. The number of carbonyl (C=O) groups is 2. The molecule has 146 valence electrons. The third kappa shape index (κ3) is 6.07. The summed E-state index contributed by atoms with van der Waals surface area (Å²) in [5.41, 5.74) is -1.38. The maximum atomic E-state index is 12.4. The molecule has 1 aromatic rings. The van der Waals surface area contributed by atoms with Crippen molar-refractivity contribution < 1.29 is 19.1 Å². The average Bonchev–Trinajstić information content (AvgIpc) is 2.69. The molecule has 0 N–H and O–H groups in total. The van der Waals surface area contributed by atoms with Gasteiger partial charge < -0.3 is 9.47 Å². The van der Waals surface area contributed by atoms with Gasteiger partial charge in [-0.2, -0.15) is 0 Å². The Morgan fingerprint density at radius 2 is 1.56 bits per heavy atom. The van der Waals surface area contributed by atoms with E-state index in [1.165, 1.54) is 19.4 Å². The number of benzene rings is 1. The molecule has 27 heavy (non-hydrogen) atoms. The first-order chi connectivity index (χ1) is 12.8. The predicted molar refractivity (Wildman–Crippen MR) is 113 cm³/mol. The largest absolute Gasteiger partial charge is 0.468 e. The van der Waals surface area contributed by atoms with E-state index in [1.807, 2.05) is 12.1 Å². The molecular formula is C22H30O4Si. The lowest BCUT2D eigenvalue weighted by molar-refractivity contribution is -0.168. The number of ether oxygens (including phenoxy) is 2. The van der Waals surface area contributed by atoms with E-state index in [9.17, 15) is 9.59 Å². The number of allylic oxidation sites excluding steroid dienone is 5. The van der Waals surface area contributed by atoms with Gasteiger partial charge in [0.1, 0.15) is 0 Å². The summed E-state index contributed by atoms with van der Waals surface area (Å²) in [4.78, 5) is 24.9. The molecule has 0 aliphatic heterocycles. The van der Waals surface area contributed by atoms with E-state index in [0.717, 1.165) is 6.04 Å². The number of carbonyl (C=O) groups excluding carboxylic acids is 2. The van der Waals surface area contributed by atoms with Crippen LogP contribution in [0.5, 0.6) is 0 Å². The maximum Gasteiger partial charge on any atom is 0.323 e. The minimum atomic E-state index is -1.62. The van der Waals surface area contributed by atoms with Gasteiger partial charge in [0.25, 0.3) is 0 Å². The van der Waals surface area contributed by atoms with E-state index in [2.05, 4.69) is 50.0 Å². The normalized spacial score (nSPS) is 12.3.